The Balaban J connectivity index is 0.00000280. The zero-order valence-electron chi connectivity index (χ0n) is 16.5. The van der Waals surface area contributed by atoms with Crippen LogP contribution in [-0.2, 0) is 11.3 Å². The molecule has 28 heavy (non-hydrogen) atoms. The van der Waals surface area contributed by atoms with E-state index < -0.39 is 0 Å². The van der Waals surface area contributed by atoms with Crippen molar-refractivity contribution in [2.75, 3.05) is 27.2 Å². The predicted molar refractivity (Wildman–Crippen MR) is 119 cm³/mol. The summed E-state index contributed by atoms with van der Waals surface area (Å²) in [5.74, 6) is 1.06. The molecule has 1 aliphatic carbocycles. The molecule has 3 rings (SSSR count). The molecule has 1 heterocycles. The van der Waals surface area contributed by atoms with E-state index in [-0.39, 0.29) is 47.5 Å². The standard InChI is InChI=1S/C20H29FN4O2.HI/c1-22-20(23-12-14-7-8-18(27-2)17(21)11-14)24-16-9-10-25(13-16)19(26)15-5-3-4-6-15;/h7-8,11,15-16H,3-6,9-10,12-13H2,1-2H3,(H2,22,23,24);1H. The molecule has 0 aromatic heterocycles. The number of aliphatic imine (C=N–C) groups is 1. The van der Waals surface area contributed by atoms with E-state index in [0.29, 0.717) is 25.0 Å². The molecule has 2 fully saturated rings. The Hall–Kier alpha value is -1.58. The molecule has 2 aliphatic rings. The van der Waals surface area contributed by atoms with Crippen LogP contribution in [0.1, 0.15) is 37.7 Å². The molecule has 1 aliphatic heterocycles. The number of carbonyl (C=O) groups excluding carboxylic acids is 1. The summed E-state index contributed by atoms with van der Waals surface area (Å²) >= 11 is 0. The van der Waals surface area contributed by atoms with Gasteiger partial charge in [0, 0.05) is 38.6 Å². The lowest BCUT2D eigenvalue weighted by atomic mass is 10.1. The van der Waals surface area contributed by atoms with Gasteiger partial charge in [-0.15, -0.1) is 24.0 Å². The van der Waals surface area contributed by atoms with E-state index in [9.17, 15) is 9.18 Å². The number of nitrogens with one attached hydrogen (secondary N) is 2. The lowest BCUT2D eigenvalue weighted by Gasteiger charge is -2.21. The van der Waals surface area contributed by atoms with Crippen LogP contribution < -0.4 is 15.4 Å². The van der Waals surface area contributed by atoms with E-state index in [2.05, 4.69) is 15.6 Å². The normalized spacial score (nSPS) is 20.0. The summed E-state index contributed by atoms with van der Waals surface area (Å²) < 4.78 is 18.7. The maximum Gasteiger partial charge on any atom is 0.225 e. The van der Waals surface area contributed by atoms with Gasteiger partial charge in [0.05, 0.1) is 7.11 Å². The number of likely N-dealkylation sites (tertiary alicyclic amines) is 1. The minimum atomic E-state index is -0.378. The molecule has 1 saturated heterocycles. The number of benzene rings is 1. The molecule has 1 unspecified atom stereocenters. The third kappa shape index (κ3) is 5.71. The summed E-state index contributed by atoms with van der Waals surface area (Å²) in [6.07, 6.45) is 5.34. The SMILES string of the molecule is CN=C(NCc1ccc(OC)c(F)c1)NC1CCN(C(=O)C2CCCC2)C1.I. The highest BCUT2D eigenvalue weighted by Gasteiger charge is 2.32. The number of rotatable bonds is 5. The molecule has 2 N–H and O–H groups in total. The Bertz CT molecular complexity index is 695. The van der Waals surface area contributed by atoms with Crippen LogP contribution in [0, 0.1) is 11.7 Å². The van der Waals surface area contributed by atoms with E-state index >= 15 is 0 Å². The number of halogens is 2. The number of ether oxygens (including phenoxy) is 1. The summed E-state index contributed by atoms with van der Waals surface area (Å²) in [5.41, 5.74) is 0.806. The number of carbonyl (C=O) groups is 1. The lowest BCUT2D eigenvalue weighted by Crippen LogP contribution is -2.45. The van der Waals surface area contributed by atoms with Gasteiger partial charge in [0.15, 0.2) is 17.5 Å². The summed E-state index contributed by atoms with van der Waals surface area (Å²) in [5, 5.41) is 6.58. The molecular formula is C20H30FIN4O2. The Morgan fingerprint density at radius 1 is 1.32 bits per heavy atom. The zero-order valence-corrected chi connectivity index (χ0v) is 18.9. The van der Waals surface area contributed by atoms with Crippen LogP contribution in [0.2, 0.25) is 0 Å². The summed E-state index contributed by atoms with van der Waals surface area (Å²) in [6, 6.07) is 5.08. The number of hydrogen-bond donors (Lipinski definition) is 2. The number of guanidine groups is 1. The van der Waals surface area contributed by atoms with Crippen molar-refractivity contribution in [3.63, 3.8) is 0 Å². The number of amides is 1. The second-order valence-corrected chi connectivity index (χ2v) is 7.29. The first-order valence-electron chi connectivity index (χ1n) is 9.69. The van der Waals surface area contributed by atoms with Crippen LogP contribution in [0.15, 0.2) is 23.2 Å². The molecule has 1 atom stereocenters. The highest BCUT2D eigenvalue weighted by atomic mass is 127. The maximum absolute atomic E-state index is 13.8. The van der Waals surface area contributed by atoms with Gasteiger partial charge in [-0.25, -0.2) is 4.39 Å². The molecule has 0 radical (unpaired) electrons. The van der Waals surface area contributed by atoms with Crippen molar-refractivity contribution in [2.24, 2.45) is 10.9 Å². The molecule has 0 spiro atoms. The molecule has 6 nitrogen and oxygen atoms in total. The first kappa shape index (κ1) is 22.7. The zero-order chi connectivity index (χ0) is 19.2. The lowest BCUT2D eigenvalue weighted by molar-refractivity contribution is -0.134. The summed E-state index contributed by atoms with van der Waals surface area (Å²) in [4.78, 5) is 18.8. The van der Waals surface area contributed by atoms with Gasteiger partial charge in [0.25, 0.3) is 0 Å². The molecule has 1 saturated carbocycles. The van der Waals surface area contributed by atoms with Crippen molar-refractivity contribution in [1.82, 2.24) is 15.5 Å². The van der Waals surface area contributed by atoms with Crippen molar-refractivity contribution >= 4 is 35.8 Å². The largest absolute Gasteiger partial charge is 0.494 e. The Kier molecular flexibility index (Phi) is 8.78. The predicted octanol–water partition coefficient (Wildman–Crippen LogP) is 2.91. The first-order chi connectivity index (χ1) is 13.1. The fourth-order valence-corrected chi connectivity index (χ4v) is 3.90. The monoisotopic (exact) mass is 504 g/mol. The van der Waals surface area contributed by atoms with Gasteiger partial charge in [-0.2, -0.15) is 0 Å². The van der Waals surface area contributed by atoms with Crippen molar-refractivity contribution in [3.8, 4) is 5.75 Å². The van der Waals surface area contributed by atoms with Gasteiger partial charge in [-0.1, -0.05) is 18.9 Å². The van der Waals surface area contributed by atoms with Crippen LogP contribution in [0.5, 0.6) is 5.75 Å². The minimum absolute atomic E-state index is 0. The molecule has 1 aromatic carbocycles. The first-order valence-corrected chi connectivity index (χ1v) is 9.69. The average Bonchev–Trinajstić information content (AvgIpc) is 3.36. The van der Waals surface area contributed by atoms with Gasteiger partial charge >= 0.3 is 0 Å². The fraction of sp³-hybridized carbons (Fsp3) is 0.600. The maximum atomic E-state index is 13.8. The summed E-state index contributed by atoms with van der Waals surface area (Å²) in [7, 11) is 3.16. The third-order valence-electron chi connectivity index (χ3n) is 5.44. The molecular weight excluding hydrogens is 474 g/mol. The van der Waals surface area contributed by atoms with Crippen LogP contribution >= 0.6 is 24.0 Å². The van der Waals surface area contributed by atoms with Crippen LogP contribution in [0.4, 0.5) is 4.39 Å². The molecule has 1 aromatic rings. The quantitative estimate of drug-likeness (QED) is 0.368. The van der Waals surface area contributed by atoms with Gasteiger partial charge < -0.3 is 20.3 Å². The van der Waals surface area contributed by atoms with Crippen LogP contribution in [0.25, 0.3) is 0 Å². The van der Waals surface area contributed by atoms with Crippen LogP contribution in [-0.4, -0.2) is 50.1 Å². The Morgan fingerprint density at radius 2 is 2.07 bits per heavy atom. The number of nitrogens with zero attached hydrogens (tertiary/aromatic N) is 2. The smallest absolute Gasteiger partial charge is 0.225 e. The fourth-order valence-electron chi connectivity index (χ4n) is 3.90. The molecule has 8 heteroatoms. The van der Waals surface area contributed by atoms with E-state index in [1.165, 1.54) is 26.0 Å². The Labute approximate surface area is 183 Å². The number of methoxy groups -OCH3 is 1. The summed E-state index contributed by atoms with van der Waals surface area (Å²) in [6.45, 7) is 1.97. The molecule has 1 amide bonds. The van der Waals surface area contributed by atoms with Gasteiger partial charge in [0.2, 0.25) is 5.91 Å². The topological polar surface area (TPSA) is 66.0 Å². The average molecular weight is 504 g/mol. The van der Waals surface area contributed by atoms with Crippen LogP contribution in [0.3, 0.4) is 0 Å². The molecule has 156 valence electrons. The Morgan fingerprint density at radius 3 is 2.71 bits per heavy atom. The van der Waals surface area contributed by atoms with E-state index in [4.69, 9.17) is 4.74 Å². The van der Waals surface area contributed by atoms with Gasteiger partial charge in [0.1, 0.15) is 0 Å². The van der Waals surface area contributed by atoms with E-state index in [1.807, 2.05) is 11.0 Å². The van der Waals surface area contributed by atoms with Gasteiger partial charge in [-0.05, 0) is 37.0 Å². The van der Waals surface area contributed by atoms with E-state index in [0.717, 1.165) is 31.4 Å². The van der Waals surface area contributed by atoms with Gasteiger partial charge in [-0.3, -0.25) is 9.79 Å². The van der Waals surface area contributed by atoms with Crippen molar-refractivity contribution in [3.05, 3.63) is 29.6 Å². The second kappa shape index (κ2) is 10.8. The third-order valence-corrected chi connectivity index (χ3v) is 5.44. The van der Waals surface area contributed by atoms with Crippen molar-refractivity contribution < 1.29 is 13.9 Å². The van der Waals surface area contributed by atoms with E-state index in [1.54, 1.807) is 13.1 Å². The number of hydrogen-bond acceptors (Lipinski definition) is 3. The minimum Gasteiger partial charge on any atom is -0.494 e. The van der Waals surface area contributed by atoms with Crippen molar-refractivity contribution in [2.45, 2.75) is 44.7 Å². The highest BCUT2D eigenvalue weighted by molar-refractivity contribution is 14.0. The second-order valence-electron chi connectivity index (χ2n) is 7.29. The highest BCUT2D eigenvalue weighted by Crippen LogP contribution is 2.27. The van der Waals surface area contributed by atoms with Crippen molar-refractivity contribution in [1.29, 1.82) is 0 Å². The molecule has 0 bridgehead atoms.